The molecule has 2 aromatic carbocycles. The molecular weight excluding hydrogens is 372 g/mol. The quantitative estimate of drug-likeness (QED) is 0.658. The van der Waals surface area contributed by atoms with E-state index in [1.54, 1.807) is 0 Å². The minimum absolute atomic E-state index is 0.172. The first-order valence-electron chi connectivity index (χ1n) is 11.2. The number of carbonyl (C=O) groups excluding carboxylic acids is 1. The van der Waals surface area contributed by atoms with E-state index in [0.717, 1.165) is 42.7 Å². The number of hydrogen-bond acceptors (Lipinski definition) is 3. The molecule has 0 spiro atoms. The number of likely N-dealkylation sites (tertiary alicyclic amines) is 2. The minimum Gasteiger partial charge on any atom is -0.337 e. The van der Waals surface area contributed by atoms with Gasteiger partial charge in [-0.25, -0.2) is 4.98 Å². The molecule has 2 aliphatic rings. The Morgan fingerprint density at radius 3 is 2.63 bits per heavy atom. The Labute approximate surface area is 178 Å². The Balaban J connectivity index is 1.26. The molecule has 0 radical (unpaired) electrons. The number of aromatic nitrogens is 2. The second-order valence-corrected chi connectivity index (χ2v) is 8.83. The van der Waals surface area contributed by atoms with E-state index in [-0.39, 0.29) is 5.91 Å². The standard InChI is InChI=1S/C25H30N4O/c1-19-6-4-15-29(19)22-7-5-14-27(17-22)25(30)21-12-10-20(11-13-21)16-28-18-26-23-8-2-3-9-24(23)28/h2-3,8-13,18-19,22H,4-7,14-17H2,1H3. The summed E-state index contributed by atoms with van der Waals surface area (Å²) in [5.41, 5.74) is 4.12. The number of imidazole rings is 1. The molecule has 1 amide bonds. The molecule has 0 bridgehead atoms. The number of amides is 1. The van der Waals surface area contributed by atoms with Gasteiger partial charge in [0, 0.05) is 37.3 Å². The van der Waals surface area contributed by atoms with Crippen LogP contribution in [0.2, 0.25) is 0 Å². The van der Waals surface area contributed by atoms with E-state index in [1.807, 2.05) is 36.7 Å². The molecule has 2 fully saturated rings. The fraction of sp³-hybridized carbons (Fsp3) is 0.440. The number of piperidine rings is 1. The summed E-state index contributed by atoms with van der Waals surface area (Å²) in [7, 11) is 0. The van der Waals surface area contributed by atoms with Gasteiger partial charge >= 0.3 is 0 Å². The summed E-state index contributed by atoms with van der Waals surface area (Å²) >= 11 is 0. The van der Waals surface area contributed by atoms with Gasteiger partial charge in [0.2, 0.25) is 0 Å². The zero-order valence-electron chi connectivity index (χ0n) is 17.7. The number of nitrogens with zero attached hydrogens (tertiary/aromatic N) is 4. The summed E-state index contributed by atoms with van der Waals surface area (Å²) in [4.78, 5) is 22.3. The topological polar surface area (TPSA) is 41.4 Å². The van der Waals surface area contributed by atoms with Crippen LogP contribution in [0.3, 0.4) is 0 Å². The van der Waals surface area contributed by atoms with Crippen LogP contribution in [-0.4, -0.2) is 57.0 Å². The third-order valence-corrected chi connectivity index (χ3v) is 6.84. The molecule has 5 heteroatoms. The lowest BCUT2D eigenvalue weighted by Gasteiger charge is -2.39. The van der Waals surface area contributed by atoms with Gasteiger partial charge in [0.25, 0.3) is 5.91 Å². The number of rotatable bonds is 4. The fourth-order valence-electron chi connectivity index (χ4n) is 5.18. The molecule has 0 aliphatic carbocycles. The minimum atomic E-state index is 0.172. The number of hydrogen-bond donors (Lipinski definition) is 0. The first-order valence-corrected chi connectivity index (χ1v) is 11.2. The van der Waals surface area contributed by atoms with Crippen molar-refractivity contribution < 1.29 is 4.79 Å². The van der Waals surface area contributed by atoms with Crippen LogP contribution < -0.4 is 0 Å². The summed E-state index contributed by atoms with van der Waals surface area (Å²) in [6.07, 6.45) is 6.78. The molecule has 2 aliphatic heterocycles. The second-order valence-electron chi connectivity index (χ2n) is 8.83. The highest BCUT2D eigenvalue weighted by Crippen LogP contribution is 2.26. The second kappa shape index (κ2) is 8.23. The van der Waals surface area contributed by atoms with Gasteiger partial charge in [-0.3, -0.25) is 9.69 Å². The zero-order chi connectivity index (χ0) is 20.5. The van der Waals surface area contributed by atoms with E-state index in [1.165, 1.54) is 31.4 Å². The third-order valence-electron chi connectivity index (χ3n) is 6.84. The molecule has 1 aromatic heterocycles. The highest BCUT2D eigenvalue weighted by Gasteiger charge is 2.32. The van der Waals surface area contributed by atoms with Crippen molar-refractivity contribution in [3.05, 3.63) is 66.0 Å². The van der Waals surface area contributed by atoms with Crippen LogP contribution in [0, 0.1) is 0 Å². The van der Waals surface area contributed by atoms with Gasteiger partial charge in [-0.2, -0.15) is 0 Å². The predicted molar refractivity (Wildman–Crippen MR) is 120 cm³/mol. The molecular formula is C25H30N4O. The Morgan fingerprint density at radius 1 is 1.03 bits per heavy atom. The molecule has 2 unspecified atom stereocenters. The van der Waals surface area contributed by atoms with Crippen LogP contribution in [0.15, 0.2) is 54.9 Å². The lowest BCUT2D eigenvalue weighted by molar-refractivity contribution is 0.0562. The molecule has 2 saturated heterocycles. The van der Waals surface area contributed by atoms with Gasteiger partial charge < -0.3 is 9.47 Å². The maximum atomic E-state index is 13.1. The van der Waals surface area contributed by atoms with Crippen molar-refractivity contribution >= 4 is 16.9 Å². The summed E-state index contributed by atoms with van der Waals surface area (Å²) in [6, 6.07) is 17.5. The average Bonchev–Trinajstić information content (AvgIpc) is 3.40. The van der Waals surface area contributed by atoms with Crippen molar-refractivity contribution in [3.63, 3.8) is 0 Å². The normalized spacial score (nSPS) is 22.6. The van der Waals surface area contributed by atoms with Crippen LogP contribution >= 0.6 is 0 Å². The van der Waals surface area contributed by atoms with Crippen molar-refractivity contribution in [2.45, 2.75) is 51.2 Å². The molecule has 5 rings (SSSR count). The van der Waals surface area contributed by atoms with Crippen molar-refractivity contribution in [1.29, 1.82) is 0 Å². The Morgan fingerprint density at radius 2 is 1.83 bits per heavy atom. The summed E-state index contributed by atoms with van der Waals surface area (Å²) < 4.78 is 2.15. The number of carbonyl (C=O) groups is 1. The molecule has 3 heterocycles. The Hall–Kier alpha value is -2.66. The summed E-state index contributed by atoms with van der Waals surface area (Å²) in [5, 5.41) is 0. The van der Waals surface area contributed by atoms with Crippen molar-refractivity contribution in [3.8, 4) is 0 Å². The van der Waals surface area contributed by atoms with Crippen molar-refractivity contribution in [2.24, 2.45) is 0 Å². The molecule has 156 valence electrons. The van der Waals surface area contributed by atoms with Gasteiger partial charge in [0.1, 0.15) is 0 Å². The van der Waals surface area contributed by atoms with Crippen LogP contribution in [0.5, 0.6) is 0 Å². The van der Waals surface area contributed by atoms with Crippen LogP contribution in [-0.2, 0) is 6.54 Å². The number of para-hydroxylation sites is 2. The fourth-order valence-corrected chi connectivity index (χ4v) is 5.18. The predicted octanol–water partition coefficient (Wildman–Crippen LogP) is 4.17. The van der Waals surface area contributed by atoms with E-state index in [9.17, 15) is 4.79 Å². The van der Waals surface area contributed by atoms with Crippen LogP contribution in [0.1, 0.15) is 48.5 Å². The van der Waals surface area contributed by atoms with Crippen LogP contribution in [0.25, 0.3) is 11.0 Å². The maximum absolute atomic E-state index is 13.1. The lowest BCUT2D eigenvalue weighted by atomic mass is 10.0. The Kier molecular flexibility index (Phi) is 5.30. The molecule has 2 atom stereocenters. The van der Waals surface area contributed by atoms with Gasteiger partial charge in [-0.15, -0.1) is 0 Å². The highest BCUT2D eigenvalue weighted by molar-refractivity contribution is 5.94. The van der Waals surface area contributed by atoms with E-state index in [2.05, 4.69) is 44.5 Å². The largest absolute Gasteiger partial charge is 0.337 e. The lowest BCUT2D eigenvalue weighted by Crippen LogP contribution is -2.50. The van der Waals surface area contributed by atoms with E-state index < -0.39 is 0 Å². The monoisotopic (exact) mass is 402 g/mol. The highest BCUT2D eigenvalue weighted by atomic mass is 16.2. The van der Waals surface area contributed by atoms with E-state index in [0.29, 0.717) is 12.1 Å². The first-order chi connectivity index (χ1) is 14.7. The van der Waals surface area contributed by atoms with Crippen molar-refractivity contribution in [2.75, 3.05) is 19.6 Å². The number of benzene rings is 2. The van der Waals surface area contributed by atoms with Gasteiger partial charge in [-0.05, 0) is 69.0 Å². The first kappa shape index (κ1) is 19.3. The molecule has 5 nitrogen and oxygen atoms in total. The summed E-state index contributed by atoms with van der Waals surface area (Å²) in [5.74, 6) is 0.172. The third kappa shape index (κ3) is 3.74. The van der Waals surface area contributed by atoms with E-state index in [4.69, 9.17) is 0 Å². The average molecular weight is 403 g/mol. The smallest absolute Gasteiger partial charge is 0.253 e. The molecule has 3 aromatic rings. The van der Waals surface area contributed by atoms with Gasteiger partial charge in [0.05, 0.1) is 17.4 Å². The van der Waals surface area contributed by atoms with Crippen molar-refractivity contribution in [1.82, 2.24) is 19.4 Å². The Bertz CT molecular complexity index is 1030. The summed E-state index contributed by atoms with van der Waals surface area (Å²) in [6.45, 7) is 6.02. The molecule has 0 N–H and O–H groups in total. The van der Waals surface area contributed by atoms with Gasteiger partial charge in [0.15, 0.2) is 0 Å². The number of fused-ring (bicyclic) bond motifs is 1. The SMILES string of the molecule is CC1CCCN1C1CCCN(C(=O)c2ccc(Cn3cnc4ccccc43)cc2)C1. The molecule has 30 heavy (non-hydrogen) atoms. The van der Waals surface area contributed by atoms with Crippen LogP contribution in [0.4, 0.5) is 0 Å². The molecule has 0 saturated carbocycles. The van der Waals surface area contributed by atoms with Gasteiger partial charge in [-0.1, -0.05) is 24.3 Å². The van der Waals surface area contributed by atoms with E-state index >= 15 is 0 Å². The zero-order valence-corrected chi connectivity index (χ0v) is 17.7. The maximum Gasteiger partial charge on any atom is 0.253 e.